The number of benzene rings is 1. The van der Waals surface area contributed by atoms with Crippen LogP contribution < -0.4 is 5.32 Å². The number of piperidine rings is 1. The van der Waals surface area contributed by atoms with Crippen LogP contribution in [0.4, 0.5) is 0 Å². The fraction of sp³-hybridized carbons (Fsp3) is 0.650. The van der Waals surface area contributed by atoms with Gasteiger partial charge in [0, 0.05) is 38.7 Å². The van der Waals surface area contributed by atoms with Crippen molar-refractivity contribution in [3.63, 3.8) is 0 Å². The smallest absolute Gasteiger partial charge is 0.225 e. The van der Waals surface area contributed by atoms with Gasteiger partial charge in [-0.25, -0.2) is 0 Å². The Kier molecular flexibility index (Phi) is 7.25. The number of nitrogens with one attached hydrogen (secondary N) is 1. The first-order chi connectivity index (χ1) is 11.5. The van der Waals surface area contributed by atoms with E-state index in [0.717, 1.165) is 32.5 Å². The molecule has 0 radical (unpaired) electrons. The number of hydrogen-bond donors (Lipinski definition) is 1. The van der Waals surface area contributed by atoms with Crippen LogP contribution in [0.25, 0.3) is 0 Å². The van der Waals surface area contributed by atoms with Gasteiger partial charge in [0.1, 0.15) is 0 Å². The van der Waals surface area contributed by atoms with Crippen LogP contribution in [0, 0.1) is 11.8 Å². The molecule has 1 amide bonds. The van der Waals surface area contributed by atoms with E-state index in [9.17, 15) is 4.79 Å². The fourth-order valence-corrected chi connectivity index (χ4v) is 3.45. The van der Waals surface area contributed by atoms with Crippen molar-refractivity contribution in [2.45, 2.75) is 52.8 Å². The summed E-state index contributed by atoms with van der Waals surface area (Å²) in [6.07, 6.45) is 2.14. The Morgan fingerprint density at radius 3 is 2.54 bits per heavy atom. The number of nitrogens with zero attached hydrogens (tertiary/aromatic N) is 1. The van der Waals surface area contributed by atoms with Gasteiger partial charge in [-0.2, -0.15) is 0 Å². The van der Waals surface area contributed by atoms with E-state index < -0.39 is 0 Å². The number of likely N-dealkylation sites (tertiary alicyclic amines) is 1. The summed E-state index contributed by atoms with van der Waals surface area (Å²) in [4.78, 5) is 14.3. The van der Waals surface area contributed by atoms with Gasteiger partial charge in [0.25, 0.3) is 0 Å². The Balaban J connectivity index is 1.87. The molecule has 1 aromatic rings. The SMILES string of the molecule is CCC1CN(C(=O)C(C)C)CCC1NCc1ccc(COC)cc1. The summed E-state index contributed by atoms with van der Waals surface area (Å²) < 4.78 is 5.15. The molecule has 1 aromatic carbocycles. The summed E-state index contributed by atoms with van der Waals surface area (Å²) in [6, 6.07) is 9.08. The molecule has 1 saturated heterocycles. The highest BCUT2D eigenvalue weighted by atomic mass is 16.5. The minimum atomic E-state index is 0.0950. The molecule has 2 rings (SSSR count). The maximum absolute atomic E-state index is 12.2. The Morgan fingerprint density at radius 2 is 1.96 bits per heavy atom. The van der Waals surface area contributed by atoms with Crippen molar-refractivity contribution in [2.75, 3.05) is 20.2 Å². The van der Waals surface area contributed by atoms with Crippen LogP contribution in [0.1, 0.15) is 44.7 Å². The molecule has 24 heavy (non-hydrogen) atoms. The van der Waals surface area contributed by atoms with Crippen molar-refractivity contribution in [3.8, 4) is 0 Å². The second-order valence-electron chi connectivity index (χ2n) is 7.13. The highest BCUT2D eigenvalue weighted by molar-refractivity contribution is 5.78. The van der Waals surface area contributed by atoms with Crippen molar-refractivity contribution >= 4 is 5.91 Å². The van der Waals surface area contributed by atoms with E-state index in [-0.39, 0.29) is 5.92 Å². The van der Waals surface area contributed by atoms with E-state index in [1.807, 2.05) is 13.8 Å². The summed E-state index contributed by atoms with van der Waals surface area (Å²) in [5, 5.41) is 3.71. The van der Waals surface area contributed by atoms with Crippen molar-refractivity contribution in [3.05, 3.63) is 35.4 Å². The normalized spacial score (nSPS) is 21.3. The lowest BCUT2D eigenvalue weighted by Gasteiger charge is -2.39. The van der Waals surface area contributed by atoms with Crippen LogP contribution >= 0.6 is 0 Å². The molecule has 134 valence electrons. The first-order valence-corrected chi connectivity index (χ1v) is 9.14. The van der Waals surface area contributed by atoms with Crippen LogP contribution in [0.5, 0.6) is 0 Å². The lowest BCUT2D eigenvalue weighted by atomic mass is 9.89. The number of methoxy groups -OCH3 is 1. The summed E-state index contributed by atoms with van der Waals surface area (Å²) in [5.74, 6) is 0.924. The molecule has 1 fully saturated rings. The molecule has 4 nitrogen and oxygen atoms in total. The van der Waals surface area contributed by atoms with Crippen LogP contribution in [-0.4, -0.2) is 37.0 Å². The lowest BCUT2D eigenvalue weighted by molar-refractivity contribution is -0.136. The largest absolute Gasteiger partial charge is 0.380 e. The van der Waals surface area contributed by atoms with E-state index in [0.29, 0.717) is 24.5 Å². The summed E-state index contributed by atoms with van der Waals surface area (Å²) in [5.41, 5.74) is 2.50. The number of ether oxygens (including phenoxy) is 1. The van der Waals surface area contributed by atoms with Gasteiger partial charge in [-0.1, -0.05) is 51.5 Å². The summed E-state index contributed by atoms with van der Waals surface area (Å²) in [6.45, 7) is 9.50. The van der Waals surface area contributed by atoms with Gasteiger partial charge >= 0.3 is 0 Å². The molecule has 0 bridgehead atoms. The highest BCUT2D eigenvalue weighted by Crippen LogP contribution is 2.22. The van der Waals surface area contributed by atoms with E-state index in [1.54, 1.807) is 7.11 Å². The lowest BCUT2D eigenvalue weighted by Crippen LogP contribution is -2.51. The van der Waals surface area contributed by atoms with E-state index >= 15 is 0 Å². The number of rotatable bonds is 7. The van der Waals surface area contributed by atoms with E-state index in [4.69, 9.17) is 4.74 Å². The molecule has 2 atom stereocenters. The number of amides is 1. The third kappa shape index (κ3) is 5.05. The zero-order valence-corrected chi connectivity index (χ0v) is 15.5. The molecule has 0 spiro atoms. The Bertz CT molecular complexity index is 513. The molecular formula is C20H32N2O2. The zero-order chi connectivity index (χ0) is 17.5. The maximum Gasteiger partial charge on any atom is 0.225 e. The van der Waals surface area contributed by atoms with E-state index in [1.165, 1.54) is 11.1 Å². The second-order valence-corrected chi connectivity index (χ2v) is 7.13. The van der Waals surface area contributed by atoms with Gasteiger partial charge in [0.2, 0.25) is 5.91 Å². The fourth-order valence-electron chi connectivity index (χ4n) is 3.45. The highest BCUT2D eigenvalue weighted by Gasteiger charge is 2.30. The molecule has 1 aliphatic heterocycles. The average Bonchev–Trinajstić information content (AvgIpc) is 2.60. The monoisotopic (exact) mass is 332 g/mol. The standard InChI is InChI=1S/C20H32N2O2/c1-5-18-13-22(20(23)15(2)3)11-10-19(18)21-12-16-6-8-17(9-7-16)14-24-4/h6-9,15,18-19,21H,5,10-14H2,1-4H3. The molecule has 0 saturated carbocycles. The Labute approximate surface area is 146 Å². The molecule has 0 aromatic heterocycles. The van der Waals surface area contributed by atoms with Gasteiger partial charge in [-0.3, -0.25) is 4.79 Å². The van der Waals surface area contributed by atoms with Crippen molar-refractivity contribution in [1.29, 1.82) is 0 Å². The van der Waals surface area contributed by atoms with E-state index in [2.05, 4.69) is 41.4 Å². The van der Waals surface area contributed by atoms with Crippen molar-refractivity contribution in [1.82, 2.24) is 10.2 Å². The number of hydrogen-bond acceptors (Lipinski definition) is 3. The molecule has 4 heteroatoms. The second kappa shape index (κ2) is 9.19. The quantitative estimate of drug-likeness (QED) is 0.834. The molecular weight excluding hydrogens is 300 g/mol. The maximum atomic E-state index is 12.2. The van der Waals surface area contributed by atoms with Crippen LogP contribution in [-0.2, 0) is 22.7 Å². The topological polar surface area (TPSA) is 41.6 Å². The minimum Gasteiger partial charge on any atom is -0.380 e. The first kappa shape index (κ1) is 18.9. The van der Waals surface area contributed by atoms with Gasteiger partial charge in [-0.15, -0.1) is 0 Å². The van der Waals surface area contributed by atoms with Crippen molar-refractivity contribution < 1.29 is 9.53 Å². The Hall–Kier alpha value is -1.39. The van der Waals surface area contributed by atoms with Crippen molar-refractivity contribution in [2.24, 2.45) is 11.8 Å². The molecule has 1 aliphatic rings. The molecule has 0 aliphatic carbocycles. The predicted octanol–water partition coefficient (Wildman–Crippen LogP) is 3.21. The molecule has 2 unspecified atom stereocenters. The Morgan fingerprint density at radius 1 is 1.29 bits per heavy atom. The first-order valence-electron chi connectivity index (χ1n) is 9.14. The number of carbonyl (C=O) groups excluding carboxylic acids is 1. The predicted molar refractivity (Wildman–Crippen MR) is 97.6 cm³/mol. The molecule has 1 heterocycles. The third-order valence-electron chi connectivity index (χ3n) is 4.97. The van der Waals surface area contributed by atoms with Crippen LogP contribution in [0.2, 0.25) is 0 Å². The van der Waals surface area contributed by atoms with Gasteiger partial charge < -0.3 is 15.0 Å². The average molecular weight is 332 g/mol. The van der Waals surface area contributed by atoms with Gasteiger partial charge in [-0.05, 0) is 23.5 Å². The van der Waals surface area contributed by atoms with Gasteiger partial charge in [0.15, 0.2) is 0 Å². The summed E-state index contributed by atoms with van der Waals surface area (Å²) >= 11 is 0. The third-order valence-corrected chi connectivity index (χ3v) is 4.97. The van der Waals surface area contributed by atoms with Crippen LogP contribution in [0.15, 0.2) is 24.3 Å². The molecule has 1 N–H and O–H groups in total. The van der Waals surface area contributed by atoms with Gasteiger partial charge in [0.05, 0.1) is 6.61 Å². The summed E-state index contributed by atoms with van der Waals surface area (Å²) in [7, 11) is 1.72. The van der Waals surface area contributed by atoms with Crippen LogP contribution in [0.3, 0.4) is 0 Å². The minimum absolute atomic E-state index is 0.0950. The zero-order valence-electron chi connectivity index (χ0n) is 15.5. The number of carbonyl (C=O) groups is 1.